The second kappa shape index (κ2) is 7.25. The van der Waals surface area contributed by atoms with Gasteiger partial charge >= 0.3 is 0 Å². The van der Waals surface area contributed by atoms with Crippen LogP contribution in [0.5, 0.6) is 0 Å². The van der Waals surface area contributed by atoms with Gasteiger partial charge in [-0.2, -0.15) is 0 Å². The Labute approximate surface area is 98.9 Å². The van der Waals surface area contributed by atoms with Gasteiger partial charge in [-0.15, -0.1) is 0 Å². The van der Waals surface area contributed by atoms with Crippen molar-refractivity contribution in [1.29, 1.82) is 0 Å². The van der Waals surface area contributed by atoms with Gasteiger partial charge in [0, 0.05) is 32.4 Å². The van der Waals surface area contributed by atoms with Gasteiger partial charge in [-0.25, -0.2) is 0 Å². The van der Waals surface area contributed by atoms with Gasteiger partial charge in [-0.1, -0.05) is 19.3 Å². The molecule has 0 bridgehead atoms. The Morgan fingerprint density at radius 1 is 1.06 bits per heavy atom. The minimum Gasteiger partial charge on any atom is -0.381 e. The van der Waals surface area contributed by atoms with Crippen molar-refractivity contribution in [2.75, 3.05) is 33.0 Å². The van der Waals surface area contributed by atoms with E-state index in [-0.39, 0.29) is 0 Å². The molecule has 0 aromatic carbocycles. The van der Waals surface area contributed by atoms with Gasteiger partial charge in [-0.05, 0) is 25.2 Å². The first-order valence-corrected chi connectivity index (χ1v) is 6.84. The third-order valence-corrected chi connectivity index (χ3v) is 3.80. The van der Waals surface area contributed by atoms with Crippen molar-refractivity contribution in [3.8, 4) is 0 Å². The van der Waals surface area contributed by atoms with Crippen molar-refractivity contribution in [2.24, 2.45) is 5.92 Å². The van der Waals surface area contributed by atoms with Crippen molar-refractivity contribution >= 4 is 0 Å². The first-order valence-electron chi connectivity index (χ1n) is 6.84. The van der Waals surface area contributed by atoms with Crippen LogP contribution in [-0.4, -0.2) is 39.0 Å². The lowest BCUT2D eigenvalue weighted by molar-refractivity contribution is 0.0706. The Bertz CT molecular complexity index is 177. The highest BCUT2D eigenvalue weighted by Crippen LogP contribution is 2.28. The van der Waals surface area contributed by atoms with Crippen molar-refractivity contribution in [2.45, 2.75) is 44.6 Å². The fourth-order valence-corrected chi connectivity index (χ4v) is 2.37. The summed E-state index contributed by atoms with van der Waals surface area (Å²) in [5.41, 5.74) is 0. The summed E-state index contributed by atoms with van der Waals surface area (Å²) in [6, 6.07) is 0.656. The second-order valence-corrected chi connectivity index (χ2v) is 5.04. The van der Waals surface area contributed by atoms with Crippen molar-refractivity contribution in [1.82, 2.24) is 5.32 Å². The number of rotatable bonds is 7. The minimum absolute atomic E-state index is 0.656. The Hall–Kier alpha value is -0.120. The number of nitrogens with one attached hydrogen (secondary N) is 1. The van der Waals surface area contributed by atoms with Gasteiger partial charge < -0.3 is 14.8 Å². The first-order chi connectivity index (χ1) is 7.95. The summed E-state index contributed by atoms with van der Waals surface area (Å²) in [6.45, 7) is 4.65. The molecule has 0 unspecified atom stereocenters. The molecule has 0 amide bonds. The van der Waals surface area contributed by atoms with E-state index in [2.05, 4.69) is 5.32 Å². The molecule has 3 nitrogen and oxygen atoms in total. The van der Waals surface area contributed by atoms with Crippen LogP contribution in [0.25, 0.3) is 0 Å². The SMILES string of the molecule is C1CC(CCOCCNC2CCOCC2)C1. The van der Waals surface area contributed by atoms with E-state index in [4.69, 9.17) is 9.47 Å². The lowest BCUT2D eigenvalue weighted by Gasteiger charge is -2.25. The quantitative estimate of drug-likeness (QED) is 0.674. The fourth-order valence-electron chi connectivity index (χ4n) is 2.37. The largest absolute Gasteiger partial charge is 0.381 e. The van der Waals surface area contributed by atoms with E-state index in [9.17, 15) is 0 Å². The normalized spacial score (nSPS) is 23.2. The Balaban J connectivity index is 1.36. The van der Waals surface area contributed by atoms with Crippen LogP contribution in [0.1, 0.15) is 38.5 Å². The summed E-state index contributed by atoms with van der Waals surface area (Å²) in [5, 5.41) is 3.53. The molecule has 1 saturated carbocycles. The highest BCUT2D eigenvalue weighted by Gasteiger charge is 2.16. The topological polar surface area (TPSA) is 30.5 Å². The Morgan fingerprint density at radius 2 is 1.88 bits per heavy atom. The average molecular weight is 227 g/mol. The van der Waals surface area contributed by atoms with Crippen LogP contribution in [0, 0.1) is 5.92 Å². The monoisotopic (exact) mass is 227 g/mol. The van der Waals surface area contributed by atoms with E-state index in [0.717, 1.165) is 51.7 Å². The molecule has 0 aromatic rings. The maximum atomic E-state index is 5.64. The van der Waals surface area contributed by atoms with Crippen LogP contribution >= 0.6 is 0 Å². The second-order valence-electron chi connectivity index (χ2n) is 5.04. The van der Waals surface area contributed by atoms with Crippen LogP contribution < -0.4 is 5.32 Å². The first kappa shape index (κ1) is 12.3. The molecule has 2 aliphatic rings. The van der Waals surface area contributed by atoms with E-state index in [1.807, 2.05) is 0 Å². The predicted molar refractivity (Wildman–Crippen MR) is 64.6 cm³/mol. The van der Waals surface area contributed by atoms with E-state index < -0.39 is 0 Å². The van der Waals surface area contributed by atoms with Crippen LogP contribution in [0.15, 0.2) is 0 Å². The smallest absolute Gasteiger partial charge is 0.0591 e. The van der Waals surface area contributed by atoms with Crippen LogP contribution in [-0.2, 0) is 9.47 Å². The van der Waals surface area contributed by atoms with Gasteiger partial charge in [0.1, 0.15) is 0 Å². The number of hydrogen-bond acceptors (Lipinski definition) is 3. The maximum Gasteiger partial charge on any atom is 0.0591 e. The summed E-state index contributed by atoms with van der Waals surface area (Å²) < 4.78 is 11.0. The third kappa shape index (κ3) is 4.40. The molecule has 94 valence electrons. The third-order valence-electron chi connectivity index (χ3n) is 3.80. The minimum atomic E-state index is 0.656. The molecule has 1 N–H and O–H groups in total. The Kier molecular flexibility index (Phi) is 5.59. The maximum absolute atomic E-state index is 5.64. The standard InChI is InChI=1S/C13H25NO2/c1-2-12(3-1)4-8-16-11-7-14-13-5-9-15-10-6-13/h12-14H,1-11H2. The van der Waals surface area contributed by atoms with E-state index in [0.29, 0.717) is 6.04 Å². The predicted octanol–water partition coefficient (Wildman–Crippen LogP) is 1.96. The van der Waals surface area contributed by atoms with Crippen molar-refractivity contribution in [3.05, 3.63) is 0 Å². The Morgan fingerprint density at radius 3 is 2.56 bits per heavy atom. The van der Waals surface area contributed by atoms with Gasteiger partial charge in [0.15, 0.2) is 0 Å². The fraction of sp³-hybridized carbons (Fsp3) is 1.00. The molecule has 0 atom stereocenters. The molecule has 16 heavy (non-hydrogen) atoms. The average Bonchev–Trinajstić information content (AvgIpc) is 2.27. The molecule has 0 radical (unpaired) electrons. The highest BCUT2D eigenvalue weighted by molar-refractivity contribution is 4.70. The van der Waals surface area contributed by atoms with Crippen LogP contribution in [0.2, 0.25) is 0 Å². The van der Waals surface area contributed by atoms with Crippen molar-refractivity contribution in [3.63, 3.8) is 0 Å². The summed E-state index contributed by atoms with van der Waals surface area (Å²) in [6.07, 6.45) is 7.89. The molecule has 0 spiro atoms. The summed E-state index contributed by atoms with van der Waals surface area (Å²) >= 11 is 0. The summed E-state index contributed by atoms with van der Waals surface area (Å²) in [4.78, 5) is 0. The molecule has 0 aromatic heterocycles. The molecular weight excluding hydrogens is 202 g/mol. The zero-order valence-corrected chi connectivity index (χ0v) is 10.2. The molecule has 1 aliphatic heterocycles. The van der Waals surface area contributed by atoms with Gasteiger partial charge in [0.05, 0.1) is 6.61 Å². The van der Waals surface area contributed by atoms with Crippen molar-refractivity contribution < 1.29 is 9.47 Å². The molecule has 1 heterocycles. The zero-order chi connectivity index (χ0) is 11.1. The lowest BCUT2D eigenvalue weighted by atomic mass is 9.83. The van der Waals surface area contributed by atoms with E-state index in [1.165, 1.54) is 25.7 Å². The molecule has 2 fully saturated rings. The molecule has 3 heteroatoms. The summed E-state index contributed by atoms with van der Waals surface area (Å²) in [7, 11) is 0. The van der Waals surface area contributed by atoms with E-state index in [1.54, 1.807) is 0 Å². The van der Waals surface area contributed by atoms with Crippen LogP contribution in [0.4, 0.5) is 0 Å². The van der Waals surface area contributed by atoms with Gasteiger partial charge in [-0.3, -0.25) is 0 Å². The highest BCUT2D eigenvalue weighted by atomic mass is 16.5. The van der Waals surface area contributed by atoms with Crippen LogP contribution in [0.3, 0.4) is 0 Å². The van der Waals surface area contributed by atoms with Gasteiger partial charge in [0.2, 0.25) is 0 Å². The zero-order valence-electron chi connectivity index (χ0n) is 10.2. The number of ether oxygens (including phenoxy) is 2. The number of hydrogen-bond donors (Lipinski definition) is 1. The summed E-state index contributed by atoms with van der Waals surface area (Å²) in [5.74, 6) is 0.975. The van der Waals surface area contributed by atoms with Gasteiger partial charge in [0.25, 0.3) is 0 Å². The molecular formula is C13H25NO2. The molecule has 1 saturated heterocycles. The molecule has 2 rings (SSSR count). The molecule has 1 aliphatic carbocycles. The van der Waals surface area contributed by atoms with E-state index >= 15 is 0 Å². The lowest BCUT2D eigenvalue weighted by Crippen LogP contribution is -2.36.